The van der Waals surface area contributed by atoms with Gasteiger partial charge in [0.25, 0.3) is 0 Å². The molecule has 0 fully saturated rings. The molecule has 0 aromatic rings. The molecule has 0 aromatic carbocycles. The summed E-state index contributed by atoms with van der Waals surface area (Å²) in [6.07, 6.45) is -5.08. The van der Waals surface area contributed by atoms with Crippen LogP contribution < -0.4 is 0 Å². The van der Waals surface area contributed by atoms with Gasteiger partial charge in [-0.25, -0.2) is 4.79 Å². The predicted molar refractivity (Wildman–Crippen MR) is 34.1 cm³/mol. The van der Waals surface area contributed by atoms with E-state index < -0.39 is 17.7 Å². The number of carbonyl (C=O) groups is 1. The number of alkyl halides is 3. The van der Waals surface area contributed by atoms with Crippen molar-refractivity contribution in [3.8, 4) is 0 Å². The molecule has 0 aliphatic rings. The van der Waals surface area contributed by atoms with Crippen LogP contribution in [0.5, 0.6) is 0 Å². The summed E-state index contributed by atoms with van der Waals surface area (Å²) in [6, 6.07) is 0. The van der Waals surface area contributed by atoms with Crippen molar-refractivity contribution >= 4 is 5.97 Å². The fraction of sp³-hybridized carbons (Fsp3) is 0.833. The van der Waals surface area contributed by atoms with Crippen molar-refractivity contribution in [2.24, 2.45) is 0 Å². The summed E-state index contributed by atoms with van der Waals surface area (Å²) in [5, 5.41) is 3.62. The van der Waals surface area contributed by atoms with Crippen LogP contribution in [0, 0.1) is 0 Å². The lowest BCUT2D eigenvalue weighted by Gasteiger charge is -2.15. The zero-order valence-electron chi connectivity index (χ0n) is 7.27. The molecule has 0 unspecified atom stereocenters. The van der Waals surface area contributed by atoms with E-state index in [2.05, 4.69) is 14.8 Å². The lowest BCUT2D eigenvalue weighted by atomic mass is 10.2. The first kappa shape index (κ1) is 12.2. The van der Waals surface area contributed by atoms with Crippen LogP contribution in [0.2, 0.25) is 0 Å². The molecule has 0 heterocycles. The van der Waals surface area contributed by atoms with E-state index in [-0.39, 0.29) is 0 Å². The summed E-state index contributed by atoms with van der Waals surface area (Å²) < 4.78 is 34.4. The van der Waals surface area contributed by atoms with Crippen LogP contribution in [0.1, 0.15) is 20.8 Å². The van der Waals surface area contributed by atoms with Gasteiger partial charge in [-0.1, -0.05) is 0 Å². The molecular formula is C6H9F3O4. The van der Waals surface area contributed by atoms with Crippen molar-refractivity contribution in [2.75, 3.05) is 0 Å². The molecule has 0 atom stereocenters. The Labute approximate surface area is 72.4 Å². The molecule has 0 saturated heterocycles. The van der Waals surface area contributed by atoms with Crippen LogP contribution >= 0.6 is 0 Å². The van der Waals surface area contributed by atoms with Crippen molar-refractivity contribution in [1.29, 1.82) is 0 Å². The Bertz CT molecular complexity index is 181. The average molecular weight is 202 g/mol. The topological polar surface area (TPSA) is 44.8 Å². The highest BCUT2D eigenvalue weighted by molar-refractivity contribution is 5.74. The fourth-order valence-electron chi connectivity index (χ4n) is 0.197. The number of hydrogen-bond donors (Lipinski definition) is 0. The minimum absolute atomic E-state index is 0.855. The quantitative estimate of drug-likeness (QED) is 0.505. The van der Waals surface area contributed by atoms with Crippen LogP contribution in [0.3, 0.4) is 0 Å². The predicted octanol–water partition coefficient (Wildman–Crippen LogP) is 1.75. The second kappa shape index (κ2) is 3.93. The first-order valence-electron chi connectivity index (χ1n) is 3.26. The Kier molecular flexibility index (Phi) is 3.68. The van der Waals surface area contributed by atoms with Gasteiger partial charge < -0.3 is 0 Å². The molecule has 0 rings (SSSR count). The smallest absolute Gasteiger partial charge is 0.258 e. The molecule has 0 bridgehead atoms. The van der Waals surface area contributed by atoms with Gasteiger partial charge in [-0.15, -0.1) is 0 Å². The van der Waals surface area contributed by atoms with Crippen LogP contribution in [0.15, 0.2) is 0 Å². The molecule has 78 valence electrons. The third-order valence-corrected chi connectivity index (χ3v) is 0.625. The van der Waals surface area contributed by atoms with Crippen molar-refractivity contribution < 1.29 is 32.8 Å². The fourth-order valence-corrected chi connectivity index (χ4v) is 0.197. The molecule has 0 aliphatic carbocycles. The molecule has 0 amide bonds. The summed E-state index contributed by atoms with van der Waals surface area (Å²) in [4.78, 5) is 17.5. The van der Waals surface area contributed by atoms with E-state index in [9.17, 15) is 18.0 Å². The van der Waals surface area contributed by atoms with Crippen LogP contribution in [0.25, 0.3) is 0 Å². The zero-order valence-corrected chi connectivity index (χ0v) is 7.27. The van der Waals surface area contributed by atoms with E-state index in [0.717, 1.165) is 0 Å². The monoisotopic (exact) mass is 202 g/mol. The van der Waals surface area contributed by atoms with Crippen LogP contribution in [-0.2, 0) is 19.6 Å². The van der Waals surface area contributed by atoms with E-state index in [4.69, 9.17) is 0 Å². The minimum atomic E-state index is -5.08. The van der Waals surface area contributed by atoms with Gasteiger partial charge in [-0.2, -0.15) is 18.1 Å². The average Bonchev–Trinajstić information content (AvgIpc) is 1.82. The van der Waals surface area contributed by atoms with E-state index in [0.29, 0.717) is 0 Å². The highest BCUT2D eigenvalue weighted by atomic mass is 19.4. The van der Waals surface area contributed by atoms with Gasteiger partial charge in [0, 0.05) is 0 Å². The second-order valence-corrected chi connectivity index (χ2v) is 3.13. The van der Waals surface area contributed by atoms with Crippen LogP contribution in [-0.4, -0.2) is 17.7 Å². The van der Waals surface area contributed by atoms with Crippen molar-refractivity contribution in [1.82, 2.24) is 0 Å². The Hall–Kier alpha value is -0.820. The second-order valence-electron chi connectivity index (χ2n) is 3.13. The summed E-state index contributed by atoms with van der Waals surface area (Å²) in [7, 11) is 0. The molecule has 0 saturated carbocycles. The molecular weight excluding hydrogens is 193 g/mol. The maximum atomic E-state index is 11.5. The molecule has 0 radical (unpaired) electrons. The molecule has 4 nitrogen and oxygen atoms in total. The normalized spacial score (nSPS) is 12.8. The van der Waals surface area contributed by atoms with Gasteiger partial charge >= 0.3 is 12.1 Å². The highest BCUT2D eigenvalue weighted by Gasteiger charge is 2.42. The molecule has 0 spiro atoms. The number of carbonyl (C=O) groups excluding carboxylic acids is 1. The lowest BCUT2D eigenvalue weighted by molar-refractivity contribution is -0.519. The Morgan fingerprint density at radius 1 is 1.15 bits per heavy atom. The third-order valence-electron chi connectivity index (χ3n) is 0.625. The van der Waals surface area contributed by atoms with E-state index in [1.807, 2.05) is 0 Å². The highest BCUT2D eigenvalue weighted by Crippen LogP contribution is 2.17. The molecule has 0 N–H and O–H groups in total. The van der Waals surface area contributed by atoms with Crippen molar-refractivity contribution in [3.05, 3.63) is 0 Å². The molecule has 7 heteroatoms. The third kappa shape index (κ3) is 6.35. The standard InChI is InChI=1S/C6H9F3O4/c1-5(2,3)12-13-11-4(10)6(7,8)9/h1-3H3. The lowest BCUT2D eigenvalue weighted by Crippen LogP contribution is -2.28. The van der Waals surface area contributed by atoms with Gasteiger partial charge in [-0.05, 0) is 25.8 Å². The maximum Gasteiger partial charge on any atom is 0.494 e. The summed E-state index contributed by atoms with van der Waals surface area (Å²) in [5.41, 5.74) is -0.855. The van der Waals surface area contributed by atoms with E-state index in [1.54, 1.807) is 0 Å². The first-order chi connectivity index (χ1) is 5.63. The van der Waals surface area contributed by atoms with E-state index >= 15 is 0 Å². The van der Waals surface area contributed by atoms with Gasteiger partial charge in [-0.3, -0.25) is 4.89 Å². The summed E-state index contributed by atoms with van der Waals surface area (Å²) >= 11 is 0. The number of hydrogen-bond acceptors (Lipinski definition) is 4. The Balaban J connectivity index is 3.74. The SMILES string of the molecule is CC(C)(C)OOOC(=O)C(F)(F)F. The van der Waals surface area contributed by atoms with Gasteiger partial charge in [0.2, 0.25) is 0 Å². The van der Waals surface area contributed by atoms with Gasteiger partial charge in [0.05, 0.1) is 5.60 Å². The molecule has 13 heavy (non-hydrogen) atoms. The van der Waals surface area contributed by atoms with Crippen molar-refractivity contribution in [3.63, 3.8) is 0 Å². The molecule has 0 aliphatic heterocycles. The first-order valence-corrected chi connectivity index (χ1v) is 3.26. The maximum absolute atomic E-state index is 11.5. The summed E-state index contributed by atoms with van der Waals surface area (Å²) in [6.45, 7) is 4.53. The van der Waals surface area contributed by atoms with Crippen LogP contribution in [0.4, 0.5) is 13.2 Å². The van der Waals surface area contributed by atoms with E-state index in [1.165, 1.54) is 20.8 Å². The summed E-state index contributed by atoms with van der Waals surface area (Å²) in [5.74, 6) is -2.46. The zero-order chi connectivity index (χ0) is 10.7. The number of rotatable bonds is 2. The van der Waals surface area contributed by atoms with Gasteiger partial charge in [0.15, 0.2) is 0 Å². The Morgan fingerprint density at radius 2 is 1.62 bits per heavy atom. The minimum Gasteiger partial charge on any atom is -0.258 e. The largest absolute Gasteiger partial charge is 0.494 e. The number of halogens is 3. The van der Waals surface area contributed by atoms with Gasteiger partial charge in [0.1, 0.15) is 0 Å². The van der Waals surface area contributed by atoms with Crippen molar-refractivity contribution in [2.45, 2.75) is 32.5 Å². The Morgan fingerprint density at radius 3 is 1.92 bits per heavy atom. The molecule has 0 aromatic heterocycles.